The van der Waals surface area contributed by atoms with Crippen LogP contribution in [0.1, 0.15) is 25.5 Å². The van der Waals surface area contributed by atoms with Crippen molar-refractivity contribution in [1.29, 1.82) is 5.26 Å². The molecule has 0 bridgehead atoms. The van der Waals surface area contributed by atoms with Gasteiger partial charge in [-0.2, -0.15) is 5.26 Å². The lowest BCUT2D eigenvalue weighted by Crippen LogP contribution is -2.33. The molecule has 84 valence electrons. The maximum absolute atomic E-state index is 8.85. The van der Waals surface area contributed by atoms with Gasteiger partial charge in [0, 0.05) is 25.5 Å². The summed E-state index contributed by atoms with van der Waals surface area (Å²) in [5, 5.41) is 12.0. The van der Waals surface area contributed by atoms with E-state index in [1.807, 2.05) is 6.07 Å². The molecule has 1 fully saturated rings. The maximum Gasteiger partial charge on any atom is 0.182 e. The van der Waals surface area contributed by atoms with Crippen LogP contribution in [0, 0.1) is 11.3 Å². The van der Waals surface area contributed by atoms with Crippen LogP contribution in [0.3, 0.4) is 0 Å². The van der Waals surface area contributed by atoms with Crippen molar-refractivity contribution in [3.63, 3.8) is 0 Å². The Hall–Kier alpha value is -1.67. The van der Waals surface area contributed by atoms with Crippen LogP contribution in [0.2, 0.25) is 0 Å². The summed E-state index contributed by atoms with van der Waals surface area (Å²) in [7, 11) is 0. The third-order valence-electron chi connectivity index (χ3n) is 2.73. The number of nitrogens with zero attached hydrogens (tertiary/aromatic N) is 3. The van der Waals surface area contributed by atoms with Crippen molar-refractivity contribution in [2.24, 2.45) is 0 Å². The standard InChI is InChI=1S/C11H14N4O/c1-11(3-2-6-16-11)8-15-10-9(7-12)13-4-5-14-10/h4-5H,2-3,6,8H2,1H3,(H,14,15). The van der Waals surface area contributed by atoms with Crippen molar-refractivity contribution in [1.82, 2.24) is 9.97 Å². The lowest BCUT2D eigenvalue weighted by Gasteiger charge is -2.23. The summed E-state index contributed by atoms with van der Waals surface area (Å²) >= 11 is 0. The van der Waals surface area contributed by atoms with E-state index in [-0.39, 0.29) is 5.60 Å². The van der Waals surface area contributed by atoms with E-state index in [0.717, 1.165) is 19.4 Å². The fourth-order valence-corrected chi connectivity index (χ4v) is 1.80. The van der Waals surface area contributed by atoms with E-state index in [2.05, 4.69) is 22.2 Å². The summed E-state index contributed by atoms with van der Waals surface area (Å²) < 4.78 is 5.64. The molecule has 2 rings (SSSR count). The van der Waals surface area contributed by atoms with Crippen LogP contribution in [0.5, 0.6) is 0 Å². The number of hydrogen-bond acceptors (Lipinski definition) is 5. The summed E-state index contributed by atoms with van der Waals surface area (Å²) in [6, 6.07) is 2.01. The molecule has 1 atom stereocenters. The first-order chi connectivity index (χ1) is 7.73. The number of aromatic nitrogens is 2. The first-order valence-corrected chi connectivity index (χ1v) is 5.32. The summed E-state index contributed by atoms with van der Waals surface area (Å²) in [4.78, 5) is 8.03. The molecule has 1 saturated heterocycles. The fourth-order valence-electron chi connectivity index (χ4n) is 1.80. The Morgan fingerprint density at radius 2 is 2.38 bits per heavy atom. The fraction of sp³-hybridized carbons (Fsp3) is 0.545. The summed E-state index contributed by atoms with van der Waals surface area (Å²) in [5.74, 6) is 0.529. The average molecular weight is 218 g/mol. The van der Waals surface area contributed by atoms with Gasteiger partial charge >= 0.3 is 0 Å². The van der Waals surface area contributed by atoms with Crippen molar-refractivity contribution in [3.05, 3.63) is 18.1 Å². The van der Waals surface area contributed by atoms with E-state index >= 15 is 0 Å². The van der Waals surface area contributed by atoms with E-state index in [1.165, 1.54) is 6.20 Å². The van der Waals surface area contributed by atoms with E-state index in [0.29, 0.717) is 18.1 Å². The van der Waals surface area contributed by atoms with Crippen LogP contribution in [-0.2, 0) is 4.74 Å². The summed E-state index contributed by atoms with van der Waals surface area (Å²) in [6.07, 6.45) is 5.20. The quantitative estimate of drug-likeness (QED) is 0.828. The first-order valence-electron chi connectivity index (χ1n) is 5.32. The predicted octanol–water partition coefficient (Wildman–Crippen LogP) is 1.33. The molecule has 5 nitrogen and oxygen atoms in total. The van der Waals surface area contributed by atoms with Gasteiger partial charge in [-0.15, -0.1) is 0 Å². The minimum Gasteiger partial charge on any atom is -0.373 e. The Kier molecular flexibility index (Phi) is 3.02. The second-order valence-electron chi connectivity index (χ2n) is 4.12. The smallest absolute Gasteiger partial charge is 0.182 e. The lowest BCUT2D eigenvalue weighted by atomic mass is 10.0. The normalized spacial score (nSPS) is 24.0. The third kappa shape index (κ3) is 2.28. The van der Waals surface area contributed by atoms with Crippen molar-refractivity contribution >= 4 is 5.82 Å². The highest BCUT2D eigenvalue weighted by Gasteiger charge is 2.29. The van der Waals surface area contributed by atoms with Gasteiger partial charge in [0.05, 0.1) is 5.60 Å². The van der Waals surface area contributed by atoms with Crippen LogP contribution in [0.4, 0.5) is 5.82 Å². The molecule has 0 amide bonds. The van der Waals surface area contributed by atoms with Crippen LogP contribution in [0.25, 0.3) is 0 Å². The largest absolute Gasteiger partial charge is 0.373 e. The lowest BCUT2D eigenvalue weighted by molar-refractivity contribution is 0.0314. The van der Waals surface area contributed by atoms with E-state index in [4.69, 9.17) is 10.00 Å². The molecule has 0 aliphatic carbocycles. The molecule has 2 heterocycles. The summed E-state index contributed by atoms with van der Waals surface area (Å²) in [5.41, 5.74) is 0.175. The van der Waals surface area contributed by atoms with Gasteiger partial charge in [-0.25, -0.2) is 9.97 Å². The molecule has 1 aromatic heterocycles. The zero-order valence-corrected chi connectivity index (χ0v) is 9.23. The SMILES string of the molecule is CC1(CNc2nccnc2C#N)CCCO1. The minimum absolute atomic E-state index is 0.149. The van der Waals surface area contributed by atoms with Crippen LogP contribution >= 0.6 is 0 Å². The number of nitrogens with one attached hydrogen (secondary N) is 1. The topological polar surface area (TPSA) is 70.8 Å². The van der Waals surface area contributed by atoms with Gasteiger partial charge in [-0.05, 0) is 19.8 Å². The molecule has 0 aromatic carbocycles. The van der Waals surface area contributed by atoms with Gasteiger partial charge in [-0.3, -0.25) is 0 Å². The van der Waals surface area contributed by atoms with E-state index in [1.54, 1.807) is 6.20 Å². The van der Waals surface area contributed by atoms with Crippen LogP contribution < -0.4 is 5.32 Å². The zero-order valence-electron chi connectivity index (χ0n) is 9.23. The number of ether oxygens (including phenoxy) is 1. The number of rotatable bonds is 3. The molecule has 1 aromatic rings. The maximum atomic E-state index is 8.85. The average Bonchev–Trinajstić information content (AvgIpc) is 2.74. The molecule has 1 unspecified atom stereocenters. The van der Waals surface area contributed by atoms with Gasteiger partial charge in [0.15, 0.2) is 11.5 Å². The Labute approximate surface area is 94.5 Å². The Balaban J connectivity index is 2.02. The number of anilines is 1. The molecule has 5 heteroatoms. The van der Waals surface area contributed by atoms with Gasteiger partial charge < -0.3 is 10.1 Å². The van der Waals surface area contributed by atoms with Gasteiger partial charge in [0.2, 0.25) is 0 Å². The predicted molar refractivity (Wildman–Crippen MR) is 58.8 cm³/mol. The second kappa shape index (κ2) is 4.45. The van der Waals surface area contributed by atoms with Crippen molar-refractivity contribution in [2.75, 3.05) is 18.5 Å². The minimum atomic E-state index is -0.149. The molecule has 0 spiro atoms. The molecule has 1 N–H and O–H groups in total. The van der Waals surface area contributed by atoms with E-state index < -0.39 is 0 Å². The zero-order chi connectivity index (χ0) is 11.4. The molecule has 0 saturated carbocycles. The van der Waals surface area contributed by atoms with Crippen molar-refractivity contribution in [3.8, 4) is 6.07 Å². The molecule has 1 aliphatic heterocycles. The van der Waals surface area contributed by atoms with E-state index in [9.17, 15) is 0 Å². The number of hydrogen-bond donors (Lipinski definition) is 1. The highest BCUT2D eigenvalue weighted by Crippen LogP contribution is 2.25. The van der Waals surface area contributed by atoms with Crippen LogP contribution in [0.15, 0.2) is 12.4 Å². The van der Waals surface area contributed by atoms with Crippen molar-refractivity contribution < 1.29 is 4.74 Å². The third-order valence-corrected chi connectivity index (χ3v) is 2.73. The number of nitriles is 1. The molecular formula is C11H14N4O. The van der Waals surface area contributed by atoms with Gasteiger partial charge in [0.1, 0.15) is 6.07 Å². The first kappa shape index (κ1) is 10.8. The molecular weight excluding hydrogens is 204 g/mol. The Morgan fingerprint density at radius 1 is 1.56 bits per heavy atom. The highest BCUT2D eigenvalue weighted by atomic mass is 16.5. The Morgan fingerprint density at radius 3 is 3.06 bits per heavy atom. The van der Waals surface area contributed by atoms with Gasteiger partial charge in [-0.1, -0.05) is 0 Å². The van der Waals surface area contributed by atoms with Crippen LogP contribution in [-0.4, -0.2) is 28.7 Å². The van der Waals surface area contributed by atoms with Crippen molar-refractivity contribution in [2.45, 2.75) is 25.4 Å². The molecule has 16 heavy (non-hydrogen) atoms. The Bertz CT molecular complexity index is 407. The molecule has 1 aliphatic rings. The van der Waals surface area contributed by atoms with Gasteiger partial charge in [0.25, 0.3) is 0 Å². The second-order valence-corrected chi connectivity index (χ2v) is 4.12. The highest BCUT2D eigenvalue weighted by molar-refractivity contribution is 5.46. The summed E-state index contributed by atoms with van der Waals surface area (Å²) in [6.45, 7) is 3.53. The molecule has 0 radical (unpaired) electrons. The monoisotopic (exact) mass is 218 g/mol.